The zero-order chi connectivity index (χ0) is 28.2. The molecule has 2 N–H and O–H groups in total. The first kappa shape index (κ1) is 27.7. The highest BCUT2D eigenvalue weighted by Gasteiger charge is 2.25. The molecule has 0 spiro atoms. The molecule has 10 nitrogen and oxygen atoms in total. The van der Waals surface area contributed by atoms with Crippen molar-refractivity contribution in [3.8, 4) is 11.5 Å². The molecule has 0 bridgehead atoms. The first-order valence-corrected chi connectivity index (χ1v) is 15.0. The number of nitrogens with zero attached hydrogens (tertiary/aromatic N) is 1. The van der Waals surface area contributed by atoms with Gasteiger partial charge in [0.1, 0.15) is 18.0 Å². The molecule has 0 aliphatic carbocycles. The predicted molar refractivity (Wildman–Crippen MR) is 152 cm³/mol. The van der Waals surface area contributed by atoms with Gasteiger partial charge in [0, 0.05) is 17.1 Å². The van der Waals surface area contributed by atoms with Crippen molar-refractivity contribution in [1.82, 2.24) is 0 Å². The van der Waals surface area contributed by atoms with Crippen molar-refractivity contribution in [3.63, 3.8) is 0 Å². The van der Waals surface area contributed by atoms with Crippen LogP contribution in [0.1, 0.15) is 0 Å². The zero-order valence-electron chi connectivity index (χ0n) is 21.4. The molecule has 0 heterocycles. The van der Waals surface area contributed by atoms with Crippen molar-refractivity contribution in [2.24, 2.45) is 0 Å². The van der Waals surface area contributed by atoms with Crippen LogP contribution in [0.5, 0.6) is 11.5 Å². The van der Waals surface area contributed by atoms with Crippen molar-refractivity contribution in [2.45, 2.75) is 4.90 Å². The van der Waals surface area contributed by atoms with Gasteiger partial charge in [0.25, 0.3) is 10.0 Å². The highest BCUT2D eigenvalue weighted by Crippen LogP contribution is 2.33. The second-order valence-corrected chi connectivity index (χ2v) is 12.1. The first-order valence-electron chi connectivity index (χ1n) is 11.6. The molecule has 12 heteroatoms. The molecular weight excluding hydrogens is 542 g/mol. The fourth-order valence-electron chi connectivity index (χ4n) is 3.94. The molecule has 0 radical (unpaired) electrons. The largest absolute Gasteiger partial charge is 0.497 e. The molecule has 0 unspecified atom stereocenters. The number of ether oxygens (including phenoxy) is 2. The maximum Gasteiger partial charge on any atom is 0.261 e. The third-order valence-electron chi connectivity index (χ3n) is 5.83. The second-order valence-electron chi connectivity index (χ2n) is 8.51. The van der Waals surface area contributed by atoms with Crippen molar-refractivity contribution in [1.29, 1.82) is 0 Å². The molecule has 4 aromatic rings. The molecule has 39 heavy (non-hydrogen) atoms. The van der Waals surface area contributed by atoms with Crippen molar-refractivity contribution < 1.29 is 31.1 Å². The van der Waals surface area contributed by atoms with Crippen LogP contribution in [0.15, 0.2) is 89.8 Å². The van der Waals surface area contributed by atoms with Crippen molar-refractivity contribution >= 4 is 53.8 Å². The number of methoxy groups -OCH3 is 2. The maximum atomic E-state index is 13.0. The van der Waals surface area contributed by atoms with E-state index in [4.69, 9.17) is 9.47 Å². The van der Waals surface area contributed by atoms with Gasteiger partial charge < -0.3 is 14.8 Å². The van der Waals surface area contributed by atoms with E-state index in [1.54, 1.807) is 18.2 Å². The van der Waals surface area contributed by atoms with E-state index in [2.05, 4.69) is 10.0 Å². The number of carbonyl (C=O) groups excluding carboxylic acids is 1. The third-order valence-corrected chi connectivity index (χ3v) is 8.33. The number of benzene rings is 4. The van der Waals surface area contributed by atoms with Gasteiger partial charge in [0.05, 0.1) is 36.7 Å². The Labute approximate surface area is 227 Å². The molecule has 4 rings (SSSR count). The molecule has 0 saturated heterocycles. The van der Waals surface area contributed by atoms with Crippen LogP contribution in [0.3, 0.4) is 0 Å². The lowest BCUT2D eigenvalue weighted by Crippen LogP contribution is -2.37. The standard InChI is InChI=1S/C27H27N3O7S2/c1-36-21-13-16-25(26(17-21)37-2)30(38(3,32)33)18-27(31)28-20-11-14-22(15-12-20)39(34,35)29-24-10-6-8-19-7-4-5-9-23(19)24/h4-17,29H,18H2,1-3H3,(H,28,31). The summed E-state index contributed by atoms with van der Waals surface area (Å²) in [4.78, 5) is 12.8. The Morgan fingerprint density at radius 3 is 2.21 bits per heavy atom. The van der Waals surface area contributed by atoms with Crippen LogP contribution < -0.4 is 23.8 Å². The Bertz CT molecular complexity index is 1720. The van der Waals surface area contributed by atoms with E-state index in [1.165, 1.54) is 50.6 Å². The smallest absolute Gasteiger partial charge is 0.261 e. The Kier molecular flexibility index (Phi) is 7.98. The topological polar surface area (TPSA) is 131 Å². The first-order chi connectivity index (χ1) is 18.5. The number of nitrogens with one attached hydrogen (secondary N) is 2. The van der Waals surface area contributed by atoms with Gasteiger partial charge in [0.2, 0.25) is 15.9 Å². The summed E-state index contributed by atoms with van der Waals surface area (Å²) in [6.45, 7) is -0.537. The van der Waals surface area contributed by atoms with E-state index < -0.39 is 32.5 Å². The molecular formula is C27H27N3O7S2. The summed E-state index contributed by atoms with van der Waals surface area (Å²) in [5.41, 5.74) is 0.900. The van der Waals surface area contributed by atoms with Crippen molar-refractivity contribution in [2.75, 3.05) is 41.4 Å². The SMILES string of the molecule is COc1ccc(N(CC(=O)Nc2ccc(S(=O)(=O)Nc3cccc4ccccc34)cc2)S(C)(=O)=O)c(OC)c1. The van der Waals surface area contributed by atoms with Crippen molar-refractivity contribution in [3.05, 3.63) is 84.9 Å². The monoisotopic (exact) mass is 569 g/mol. The van der Waals surface area contributed by atoms with Gasteiger partial charge >= 0.3 is 0 Å². The van der Waals surface area contributed by atoms with Crippen LogP contribution in [-0.2, 0) is 24.8 Å². The molecule has 0 aliphatic rings. The van der Waals surface area contributed by atoms with Gasteiger partial charge in [-0.1, -0.05) is 36.4 Å². The van der Waals surface area contributed by atoms with Gasteiger partial charge in [-0.3, -0.25) is 13.8 Å². The highest BCUT2D eigenvalue weighted by molar-refractivity contribution is 7.92. The van der Waals surface area contributed by atoms with E-state index in [1.807, 2.05) is 30.3 Å². The number of fused-ring (bicyclic) bond motifs is 1. The number of hydrogen-bond donors (Lipinski definition) is 2. The fourth-order valence-corrected chi connectivity index (χ4v) is 5.88. The average Bonchev–Trinajstić information content (AvgIpc) is 2.91. The van der Waals surface area contributed by atoms with E-state index >= 15 is 0 Å². The van der Waals surface area contributed by atoms with Crippen LogP contribution in [0.2, 0.25) is 0 Å². The number of rotatable bonds is 10. The Morgan fingerprint density at radius 1 is 0.846 bits per heavy atom. The van der Waals surface area contributed by atoms with E-state index in [0.29, 0.717) is 17.1 Å². The summed E-state index contributed by atoms with van der Waals surface area (Å²) in [5, 5.41) is 4.26. The van der Waals surface area contributed by atoms with Gasteiger partial charge in [-0.2, -0.15) is 0 Å². The minimum atomic E-state index is -3.91. The summed E-state index contributed by atoms with van der Waals surface area (Å²) in [6.07, 6.45) is 0.979. The summed E-state index contributed by atoms with van der Waals surface area (Å²) in [7, 11) is -4.93. The summed E-state index contributed by atoms with van der Waals surface area (Å²) < 4.78 is 65.0. The zero-order valence-corrected chi connectivity index (χ0v) is 23.0. The number of carbonyl (C=O) groups is 1. The van der Waals surface area contributed by atoms with E-state index in [0.717, 1.165) is 21.3 Å². The normalized spacial score (nSPS) is 11.6. The minimum Gasteiger partial charge on any atom is -0.497 e. The van der Waals surface area contributed by atoms with Crippen LogP contribution in [0.4, 0.5) is 17.1 Å². The summed E-state index contributed by atoms with van der Waals surface area (Å²) in [5.74, 6) is 0.0297. The Hall–Kier alpha value is -4.29. The van der Waals surface area contributed by atoms with Gasteiger partial charge in [0.15, 0.2) is 0 Å². The lowest BCUT2D eigenvalue weighted by Gasteiger charge is -2.24. The van der Waals surface area contributed by atoms with Crippen LogP contribution >= 0.6 is 0 Å². The number of hydrogen-bond acceptors (Lipinski definition) is 7. The lowest BCUT2D eigenvalue weighted by molar-refractivity contribution is -0.114. The average molecular weight is 570 g/mol. The molecule has 0 saturated carbocycles. The molecule has 1 amide bonds. The minimum absolute atomic E-state index is 0.00540. The summed E-state index contributed by atoms with van der Waals surface area (Å²) >= 11 is 0. The number of anilines is 3. The van der Waals surface area contributed by atoms with Gasteiger partial charge in [-0.05, 0) is 47.9 Å². The van der Waals surface area contributed by atoms with Crippen LogP contribution in [0.25, 0.3) is 10.8 Å². The highest BCUT2D eigenvalue weighted by atomic mass is 32.2. The molecule has 0 aromatic heterocycles. The number of sulfonamides is 2. The van der Waals surface area contributed by atoms with Crippen LogP contribution in [0, 0.1) is 0 Å². The van der Waals surface area contributed by atoms with Gasteiger partial charge in [-0.25, -0.2) is 16.8 Å². The van der Waals surface area contributed by atoms with E-state index in [-0.39, 0.29) is 16.3 Å². The Balaban J connectivity index is 1.50. The third kappa shape index (κ3) is 6.41. The fraction of sp³-hybridized carbons (Fsp3) is 0.148. The Morgan fingerprint density at radius 2 is 1.54 bits per heavy atom. The predicted octanol–water partition coefficient (Wildman–Crippen LogP) is 4.06. The number of amides is 1. The summed E-state index contributed by atoms with van der Waals surface area (Å²) in [6, 6.07) is 22.8. The maximum absolute atomic E-state index is 13.0. The van der Waals surface area contributed by atoms with Crippen LogP contribution in [-0.4, -0.2) is 49.8 Å². The van der Waals surface area contributed by atoms with Gasteiger partial charge in [-0.15, -0.1) is 0 Å². The molecule has 4 aromatic carbocycles. The quantitative estimate of drug-likeness (QED) is 0.294. The lowest BCUT2D eigenvalue weighted by atomic mass is 10.1. The molecule has 0 fully saturated rings. The molecule has 0 aliphatic heterocycles. The molecule has 0 atom stereocenters. The second kappa shape index (κ2) is 11.2. The molecule has 204 valence electrons. The van der Waals surface area contributed by atoms with E-state index in [9.17, 15) is 21.6 Å².